The third kappa shape index (κ3) is 9.25. The van der Waals surface area contributed by atoms with Crippen LogP contribution in [0.2, 0.25) is 0 Å². The highest BCUT2D eigenvalue weighted by Crippen LogP contribution is 2.55. The Balaban J connectivity index is 0.994. The number of para-hydroxylation sites is 1. The summed E-state index contributed by atoms with van der Waals surface area (Å²) in [5, 5.41) is 1.04. The molecule has 7 aromatic carbocycles. The van der Waals surface area contributed by atoms with E-state index in [1.54, 1.807) is 12.1 Å². The van der Waals surface area contributed by atoms with Gasteiger partial charge in [-0.2, -0.15) is 0 Å². The zero-order valence-electron chi connectivity index (χ0n) is 38.4. The molecule has 0 radical (unpaired) electrons. The molecule has 0 saturated carbocycles. The van der Waals surface area contributed by atoms with Crippen molar-refractivity contribution in [1.82, 2.24) is 0 Å². The van der Waals surface area contributed by atoms with Gasteiger partial charge in [-0.15, -0.1) is 0 Å². The van der Waals surface area contributed by atoms with Gasteiger partial charge in [-0.05, 0) is 167 Å². The Kier molecular flexibility index (Phi) is 12.1. The maximum atomic E-state index is 15.5. The second-order valence-corrected chi connectivity index (χ2v) is 20.3. The summed E-state index contributed by atoms with van der Waals surface area (Å²) in [6.45, 7) is 23.2. The monoisotopic (exact) mass is 868 g/mol. The highest BCUT2D eigenvalue weighted by molar-refractivity contribution is 7.75. The summed E-state index contributed by atoms with van der Waals surface area (Å²) < 4.78 is 48.4. The molecule has 1 atom stereocenters. The third-order valence-corrected chi connectivity index (χ3v) is 14.2. The molecule has 0 N–H and O–H groups in total. The predicted octanol–water partition coefficient (Wildman–Crippen LogP) is 14.2. The zero-order valence-corrected chi connectivity index (χ0v) is 39.3. The van der Waals surface area contributed by atoms with Crippen LogP contribution in [-0.2, 0) is 23.2 Å². The minimum atomic E-state index is -3.73. The first kappa shape index (κ1) is 44.1. The summed E-state index contributed by atoms with van der Waals surface area (Å²) in [6.07, 6.45) is 2.48. The van der Waals surface area contributed by atoms with E-state index in [2.05, 4.69) is 117 Å². The molecule has 0 amide bonds. The van der Waals surface area contributed by atoms with Crippen molar-refractivity contribution >= 4 is 24.1 Å². The summed E-state index contributed by atoms with van der Waals surface area (Å²) in [5.74, 6) is 4.00. The number of rotatable bonds is 14. The van der Waals surface area contributed by atoms with Gasteiger partial charge in [0.2, 0.25) is 0 Å². The van der Waals surface area contributed by atoms with Crippen LogP contribution in [0.3, 0.4) is 0 Å². The molecule has 0 spiro atoms. The fraction of sp³-hybridized carbons (Fsp3) is 0.228. The van der Waals surface area contributed by atoms with Gasteiger partial charge in [-0.1, -0.05) is 103 Å². The molecule has 0 saturated heterocycles. The van der Waals surface area contributed by atoms with Gasteiger partial charge < -0.3 is 23.5 Å². The number of hydrogen-bond donors (Lipinski definition) is 0. The lowest BCUT2D eigenvalue weighted by Crippen LogP contribution is -2.32. The summed E-state index contributed by atoms with van der Waals surface area (Å²) >= 11 is 0. The van der Waals surface area contributed by atoms with Gasteiger partial charge in [0, 0.05) is 12.0 Å². The average molecular weight is 869 g/mol. The van der Waals surface area contributed by atoms with Crippen molar-refractivity contribution in [2.75, 3.05) is 0 Å². The van der Waals surface area contributed by atoms with Crippen LogP contribution in [0.1, 0.15) is 77.8 Å². The van der Waals surface area contributed by atoms with Crippen LogP contribution in [0.15, 0.2) is 146 Å². The van der Waals surface area contributed by atoms with E-state index in [9.17, 15) is 0 Å². The molecule has 0 fully saturated rings. The molecule has 0 bridgehead atoms. The number of aryl methyl sites for hydroxylation is 5. The standard InChI is InChI=1S/C57H57O6P/c1-11-42-24-26-46(27-25-42)60-47-28-29-51(53(34-47)64(58)52-19-15-13-17-49(52)48-16-12-14-18-50(48)63-64)59-36-44-22-20-43(21-23-44)35-56(7,8)61-54-40(5)32-45(33-41(54)6)57(9,10)62-55-38(3)30-37(2)31-39(55)4/h11-34H,1,35-36H2,2-10H3. The predicted molar refractivity (Wildman–Crippen MR) is 262 cm³/mol. The van der Waals surface area contributed by atoms with Crippen molar-refractivity contribution in [2.45, 2.75) is 86.5 Å². The van der Waals surface area contributed by atoms with E-state index in [1.807, 2.05) is 84.9 Å². The van der Waals surface area contributed by atoms with Gasteiger partial charge >= 0.3 is 7.37 Å². The fourth-order valence-corrected chi connectivity index (χ4v) is 11.0. The SMILES string of the molecule is C=Cc1ccc(Oc2ccc(OCc3ccc(CC(C)(C)Oc4c(C)cc(C(C)(C)Oc5c(C)cc(C)cc5C)cc4C)cc3)c(P3(=O)Oc4ccccc4-c4ccccc43)c2)cc1. The summed E-state index contributed by atoms with van der Waals surface area (Å²) in [6, 6.07) is 45.6. The fourth-order valence-electron chi connectivity index (χ4n) is 8.63. The first-order chi connectivity index (χ1) is 30.5. The van der Waals surface area contributed by atoms with E-state index < -0.39 is 18.6 Å². The highest BCUT2D eigenvalue weighted by Gasteiger charge is 2.40. The lowest BCUT2D eigenvalue weighted by molar-refractivity contribution is 0.103. The summed E-state index contributed by atoms with van der Waals surface area (Å²) in [7, 11) is -3.73. The van der Waals surface area contributed by atoms with E-state index in [1.165, 1.54) is 5.56 Å². The topological polar surface area (TPSA) is 63.2 Å². The molecule has 1 heterocycles. The molecule has 1 aliphatic heterocycles. The largest absolute Gasteiger partial charge is 0.488 e. The van der Waals surface area contributed by atoms with Crippen LogP contribution < -0.4 is 34.1 Å². The van der Waals surface area contributed by atoms with Gasteiger partial charge in [-0.3, -0.25) is 4.57 Å². The van der Waals surface area contributed by atoms with Crippen molar-refractivity contribution in [2.24, 2.45) is 0 Å². The van der Waals surface area contributed by atoms with Gasteiger partial charge in [-0.25, -0.2) is 0 Å². The summed E-state index contributed by atoms with van der Waals surface area (Å²) in [4.78, 5) is 0. The second-order valence-electron chi connectivity index (χ2n) is 18.1. The number of hydrogen-bond acceptors (Lipinski definition) is 6. The van der Waals surface area contributed by atoms with E-state index in [-0.39, 0.29) is 6.61 Å². The maximum Gasteiger partial charge on any atom is 0.311 e. The molecule has 64 heavy (non-hydrogen) atoms. The third-order valence-electron chi connectivity index (χ3n) is 11.8. The Morgan fingerprint density at radius 2 is 1.19 bits per heavy atom. The van der Waals surface area contributed by atoms with Crippen LogP contribution in [0.25, 0.3) is 17.2 Å². The second kappa shape index (κ2) is 17.6. The zero-order chi connectivity index (χ0) is 45.4. The van der Waals surface area contributed by atoms with Crippen LogP contribution in [0.4, 0.5) is 0 Å². The number of benzene rings is 7. The molecule has 7 heteroatoms. The van der Waals surface area contributed by atoms with Gasteiger partial charge in [0.15, 0.2) is 0 Å². The van der Waals surface area contributed by atoms with Crippen LogP contribution >= 0.6 is 7.37 Å². The van der Waals surface area contributed by atoms with E-state index in [4.69, 9.17) is 23.5 Å². The van der Waals surface area contributed by atoms with E-state index in [0.29, 0.717) is 40.0 Å². The number of fused-ring (bicyclic) bond motifs is 3. The molecule has 0 aliphatic carbocycles. The van der Waals surface area contributed by atoms with Crippen LogP contribution in [0.5, 0.6) is 34.5 Å². The highest BCUT2D eigenvalue weighted by atomic mass is 31.2. The van der Waals surface area contributed by atoms with E-state index in [0.717, 1.165) is 67.1 Å². The van der Waals surface area contributed by atoms with Crippen molar-refractivity contribution in [3.05, 3.63) is 196 Å². The lowest BCUT2D eigenvalue weighted by atomic mass is 9.92. The first-order valence-electron chi connectivity index (χ1n) is 21.8. The molecule has 1 unspecified atom stereocenters. The smallest absolute Gasteiger partial charge is 0.311 e. The van der Waals surface area contributed by atoms with Gasteiger partial charge in [0.25, 0.3) is 0 Å². The van der Waals surface area contributed by atoms with Gasteiger partial charge in [0.05, 0.1) is 10.6 Å². The van der Waals surface area contributed by atoms with Crippen molar-refractivity contribution in [1.29, 1.82) is 0 Å². The molecular weight excluding hydrogens is 812 g/mol. The first-order valence-corrected chi connectivity index (χ1v) is 23.5. The minimum absolute atomic E-state index is 0.252. The van der Waals surface area contributed by atoms with Crippen LogP contribution in [-0.4, -0.2) is 5.60 Å². The van der Waals surface area contributed by atoms with Crippen molar-refractivity contribution in [3.8, 4) is 45.6 Å². The molecule has 6 nitrogen and oxygen atoms in total. The summed E-state index contributed by atoms with van der Waals surface area (Å²) in [5.41, 5.74) is 10.6. The normalized spacial score (nSPS) is 14.5. The molecular formula is C57H57O6P. The molecule has 0 aromatic heterocycles. The van der Waals surface area contributed by atoms with E-state index >= 15 is 4.57 Å². The quantitative estimate of drug-likeness (QED) is 0.101. The Morgan fingerprint density at radius 3 is 1.86 bits per heavy atom. The maximum absolute atomic E-state index is 15.5. The Bertz CT molecular complexity index is 2860. The molecule has 1 aliphatic rings. The average Bonchev–Trinajstić information content (AvgIpc) is 3.26. The van der Waals surface area contributed by atoms with Crippen molar-refractivity contribution in [3.63, 3.8) is 0 Å². The minimum Gasteiger partial charge on any atom is -0.488 e. The Labute approximate surface area is 378 Å². The van der Waals surface area contributed by atoms with Crippen molar-refractivity contribution < 1.29 is 28.0 Å². The van der Waals surface area contributed by atoms with Crippen LogP contribution in [0, 0.1) is 34.6 Å². The Morgan fingerprint density at radius 1 is 0.609 bits per heavy atom. The number of ether oxygens (including phenoxy) is 4. The Hall–Kier alpha value is -6.49. The lowest BCUT2D eigenvalue weighted by Gasteiger charge is -2.32. The molecule has 7 aromatic rings. The molecule has 8 rings (SSSR count). The van der Waals surface area contributed by atoms with Gasteiger partial charge in [0.1, 0.15) is 52.3 Å². The molecule has 326 valence electrons.